The van der Waals surface area contributed by atoms with E-state index in [0.717, 1.165) is 12.8 Å². The van der Waals surface area contributed by atoms with Crippen molar-refractivity contribution in [2.24, 2.45) is 11.8 Å². The second kappa shape index (κ2) is 11.6. The van der Waals surface area contributed by atoms with Crippen molar-refractivity contribution in [1.29, 1.82) is 0 Å². The third kappa shape index (κ3) is 6.12. The largest absolute Gasteiger partial charge is 0.487 e. The molecule has 3 atom stereocenters. The molecule has 1 N–H and O–H groups in total. The molecule has 1 aliphatic carbocycles. The van der Waals surface area contributed by atoms with Gasteiger partial charge in [0.1, 0.15) is 16.7 Å². The van der Waals surface area contributed by atoms with Crippen molar-refractivity contribution in [2.75, 3.05) is 26.7 Å². The average Bonchev–Trinajstić information content (AvgIpc) is 2.84. The molecule has 1 fully saturated rings. The molecule has 0 unspecified atom stereocenters. The number of rotatable bonds is 5. The van der Waals surface area contributed by atoms with E-state index in [0.29, 0.717) is 24.4 Å². The molecule has 1 aromatic carbocycles. The van der Waals surface area contributed by atoms with E-state index in [-0.39, 0.29) is 35.6 Å². The van der Waals surface area contributed by atoms with Gasteiger partial charge < -0.3 is 14.7 Å². The van der Waals surface area contributed by atoms with E-state index in [4.69, 9.17) is 4.74 Å². The number of ether oxygens (including phenoxy) is 1. The van der Waals surface area contributed by atoms with E-state index in [9.17, 15) is 18.3 Å². The average molecular weight is 491 g/mol. The van der Waals surface area contributed by atoms with Crippen LogP contribution in [0.5, 0.6) is 5.75 Å². The fraction of sp³-hybridized carbons (Fsp3) is 0.654. The summed E-state index contributed by atoms with van der Waals surface area (Å²) in [5.41, 5.74) is 0.714. The van der Waals surface area contributed by atoms with Crippen molar-refractivity contribution in [3.05, 3.63) is 23.8 Å². The molecule has 0 radical (unpaired) electrons. The van der Waals surface area contributed by atoms with Crippen molar-refractivity contribution in [2.45, 2.75) is 76.3 Å². The Hall–Kier alpha value is -2.08. The molecule has 1 aliphatic heterocycles. The molecule has 0 saturated heterocycles. The Morgan fingerprint density at radius 1 is 1.29 bits per heavy atom. The first-order chi connectivity index (χ1) is 16.2. The lowest BCUT2D eigenvalue weighted by Gasteiger charge is -2.37. The number of aliphatic hydroxyl groups excluding tert-OH is 1. The second-order valence-corrected chi connectivity index (χ2v) is 11.5. The van der Waals surface area contributed by atoms with Crippen molar-refractivity contribution < 1.29 is 23.1 Å². The van der Waals surface area contributed by atoms with Crippen molar-refractivity contribution in [3.63, 3.8) is 0 Å². The fourth-order valence-corrected chi connectivity index (χ4v) is 6.42. The zero-order valence-corrected chi connectivity index (χ0v) is 21.6. The number of sulfonamides is 1. The van der Waals surface area contributed by atoms with Crippen LogP contribution in [0.1, 0.15) is 64.9 Å². The summed E-state index contributed by atoms with van der Waals surface area (Å²) >= 11 is 0. The van der Waals surface area contributed by atoms with Gasteiger partial charge in [-0.05, 0) is 38.0 Å². The third-order valence-corrected chi connectivity index (χ3v) is 8.89. The van der Waals surface area contributed by atoms with Crippen LogP contribution < -0.4 is 4.74 Å². The summed E-state index contributed by atoms with van der Waals surface area (Å²) in [6.07, 6.45) is 5.85. The van der Waals surface area contributed by atoms with Gasteiger partial charge in [-0.25, -0.2) is 8.42 Å². The van der Waals surface area contributed by atoms with Crippen LogP contribution in [0.15, 0.2) is 23.1 Å². The minimum Gasteiger partial charge on any atom is -0.487 e. The van der Waals surface area contributed by atoms with Crippen LogP contribution in [-0.2, 0) is 14.8 Å². The molecular formula is C26H38N2O5S. The maximum absolute atomic E-state index is 13.6. The van der Waals surface area contributed by atoms with Crippen LogP contribution in [0.3, 0.4) is 0 Å². The third-order valence-electron chi connectivity index (χ3n) is 6.87. The summed E-state index contributed by atoms with van der Waals surface area (Å²) in [7, 11) is -2.16. The van der Waals surface area contributed by atoms with Crippen molar-refractivity contribution in [3.8, 4) is 17.6 Å². The monoisotopic (exact) mass is 490 g/mol. The molecule has 1 heterocycles. The van der Waals surface area contributed by atoms with Crippen molar-refractivity contribution in [1.82, 2.24) is 9.21 Å². The van der Waals surface area contributed by atoms with Crippen LogP contribution >= 0.6 is 0 Å². The van der Waals surface area contributed by atoms with Gasteiger partial charge in [0.2, 0.25) is 15.9 Å². The minimum atomic E-state index is -3.89. The highest BCUT2D eigenvalue weighted by Crippen LogP contribution is 2.34. The minimum absolute atomic E-state index is 0.00149. The quantitative estimate of drug-likeness (QED) is 0.641. The van der Waals surface area contributed by atoms with Gasteiger partial charge in [0.25, 0.3) is 0 Å². The Balaban J connectivity index is 2.01. The van der Waals surface area contributed by atoms with E-state index in [1.54, 1.807) is 37.1 Å². The van der Waals surface area contributed by atoms with E-state index < -0.39 is 22.2 Å². The molecule has 3 rings (SSSR count). The number of fused-ring (bicyclic) bond motifs is 1. The summed E-state index contributed by atoms with van der Waals surface area (Å²) in [6, 6.07) is 4.40. The van der Waals surface area contributed by atoms with Gasteiger partial charge in [0.05, 0.1) is 13.2 Å². The lowest BCUT2D eigenvalue weighted by molar-refractivity contribution is -0.131. The highest BCUT2D eigenvalue weighted by atomic mass is 32.2. The van der Waals surface area contributed by atoms with E-state index in [1.165, 1.54) is 23.6 Å². The number of benzene rings is 1. The van der Waals surface area contributed by atoms with Gasteiger partial charge in [-0.15, -0.1) is 0 Å². The standard InChI is InChI=1S/C26H38N2O5S/c1-5-26(30)27(4)17-24-19(2)16-28(20(3)18-29)34(31,32)25-14-13-22(15-23(25)33-24)12-11-21-9-7-6-8-10-21/h13-15,19-21,24,29H,5-10,16-18H2,1-4H3/t19-,20-,24+/m0/s1. The smallest absolute Gasteiger partial charge is 0.247 e. The topological polar surface area (TPSA) is 87.2 Å². The van der Waals surface area contributed by atoms with Gasteiger partial charge in [0.15, 0.2) is 0 Å². The van der Waals surface area contributed by atoms with Crippen LogP contribution in [0.2, 0.25) is 0 Å². The highest BCUT2D eigenvalue weighted by Gasteiger charge is 2.38. The predicted octanol–water partition coefficient (Wildman–Crippen LogP) is 3.26. The summed E-state index contributed by atoms with van der Waals surface area (Å²) in [5.74, 6) is 7.00. The van der Waals surface area contributed by atoms with Gasteiger partial charge in [-0.1, -0.05) is 45.0 Å². The molecule has 1 aromatic rings. The van der Waals surface area contributed by atoms with Crippen LogP contribution in [-0.4, -0.2) is 67.5 Å². The first-order valence-corrected chi connectivity index (χ1v) is 13.8. The Kier molecular flexibility index (Phi) is 9.02. The first-order valence-electron chi connectivity index (χ1n) is 12.4. The Morgan fingerprint density at radius 3 is 2.65 bits per heavy atom. The number of carbonyl (C=O) groups is 1. The maximum atomic E-state index is 13.6. The second-order valence-electron chi connectivity index (χ2n) is 9.63. The molecule has 0 aromatic heterocycles. The number of hydrogen-bond donors (Lipinski definition) is 1. The Labute approximate surface area is 204 Å². The van der Waals surface area contributed by atoms with Gasteiger partial charge in [-0.2, -0.15) is 4.31 Å². The Morgan fingerprint density at radius 2 is 2.00 bits per heavy atom. The van der Waals surface area contributed by atoms with E-state index in [1.807, 2.05) is 13.8 Å². The van der Waals surface area contributed by atoms with Crippen LogP contribution in [0.4, 0.5) is 0 Å². The molecule has 1 amide bonds. The van der Waals surface area contributed by atoms with Gasteiger partial charge >= 0.3 is 0 Å². The molecule has 8 heteroatoms. The summed E-state index contributed by atoms with van der Waals surface area (Å²) < 4.78 is 34.8. The van der Waals surface area contributed by atoms with Crippen molar-refractivity contribution >= 4 is 15.9 Å². The fourth-order valence-electron chi connectivity index (χ4n) is 4.60. The van der Waals surface area contributed by atoms with Crippen LogP contribution in [0.25, 0.3) is 0 Å². The summed E-state index contributed by atoms with van der Waals surface area (Å²) in [6.45, 7) is 5.66. The number of aliphatic hydroxyl groups is 1. The summed E-state index contributed by atoms with van der Waals surface area (Å²) in [5, 5.41) is 9.76. The number of carbonyl (C=O) groups excluding carboxylic acids is 1. The molecule has 34 heavy (non-hydrogen) atoms. The lowest BCUT2D eigenvalue weighted by atomic mass is 9.90. The van der Waals surface area contributed by atoms with Gasteiger partial charge in [-0.3, -0.25) is 4.79 Å². The molecule has 1 saturated carbocycles. The SMILES string of the molecule is CCC(=O)N(C)C[C@H]1Oc2cc(C#CC3CCCCC3)ccc2S(=O)(=O)N([C@@H](C)CO)C[C@@H]1C. The molecule has 2 aliphatic rings. The molecule has 0 spiro atoms. The predicted molar refractivity (Wildman–Crippen MR) is 132 cm³/mol. The lowest BCUT2D eigenvalue weighted by Crippen LogP contribution is -2.50. The van der Waals surface area contributed by atoms with Crippen LogP contribution in [0, 0.1) is 23.7 Å². The number of hydrogen-bond acceptors (Lipinski definition) is 5. The zero-order chi connectivity index (χ0) is 24.9. The van der Waals surface area contributed by atoms with E-state index >= 15 is 0 Å². The number of nitrogens with zero attached hydrogens (tertiary/aromatic N) is 2. The zero-order valence-electron chi connectivity index (χ0n) is 20.8. The first kappa shape index (κ1) is 26.5. The number of likely N-dealkylation sites (N-methyl/N-ethyl adjacent to an activating group) is 1. The molecule has 7 nitrogen and oxygen atoms in total. The summed E-state index contributed by atoms with van der Waals surface area (Å²) in [4.78, 5) is 13.9. The number of amides is 1. The molecule has 0 bridgehead atoms. The molecular weight excluding hydrogens is 452 g/mol. The maximum Gasteiger partial charge on any atom is 0.247 e. The highest BCUT2D eigenvalue weighted by molar-refractivity contribution is 7.89. The Bertz CT molecular complexity index is 1020. The molecule has 188 valence electrons. The normalized spacial score (nSPS) is 23.9. The van der Waals surface area contributed by atoms with E-state index in [2.05, 4.69) is 11.8 Å². The van der Waals surface area contributed by atoms with Gasteiger partial charge in [0, 0.05) is 43.5 Å².